The molecule has 0 atom stereocenters. The monoisotopic (exact) mass is 377 g/mol. The molecule has 0 saturated carbocycles. The second-order valence-corrected chi connectivity index (χ2v) is 3.86. The summed E-state index contributed by atoms with van der Waals surface area (Å²) in [4.78, 5) is 39.6. The summed E-state index contributed by atoms with van der Waals surface area (Å²) in [6, 6.07) is 10.0. The Bertz CT molecular complexity index is 636. The van der Waals surface area contributed by atoms with Crippen molar-refractivity contribution < 1.29 is 92.9 Å². The Morgan fingerprint density at radius 2 is 1.54 bits per heavy atom. The Kier molecular flexibility index (Phi) is 20.6. The average molecular weight is 377 g/mol. The second-order valence-electron chi connectivity index (χ2n) is 3.86. The summed E-state index contributed by atoms with van der Waals surface area (Å²) >= 11 is 0. The molecule has 1 aromatic carbocycles. The number of methoxy groups -OCH3 is 1. The minimum absolute atomic E-state index is 0. The van der Waals surface area contributed by atoms with Crippen LogP contribution < -0.4 is 64.2 Å². The molecular weight excluding hydrogens is 362 g/mol. The summed E-state index contributed by atoms with van der Waals surface area (Å²) < 4.78 is 8.06. The normalized spacial score (nSPS) is 10.7. The number of carboxylic acid groups (broad SMARTS) is 1. The van der Waals surface area contributed by atoms with E-state index in [1.807, 2.05) is 36.4 Å². The van der Waals surface area contributed by atoms with Crippen molar-refractivity contribution >= 4 is 30.0 Å². The fourth-order valence-electron chi connectivity index (χ4n) is 1.10. The van der Waals surface area contributed by atoms with Crippen molar-refractivity contribution in [2.75, 3.05) is 7.11 Å². The molecule has 126 valence electrons. The van der Waals surface area contributed by atoms with Gasteiger partial charge in [-0.2, -0.15) is 0 Å². The Hall–Kier alpha value is -1.48. The van der Waals surface area contributed by atoms with Crippen molar-refractivity contribution in [3.63, 3.8) is 0 Å². The number of ether oxygens (including phenoxy) is 2. The molecule has 9 heteroatoms. The fourth-order valence-corrected chi connectivity index (χ4v) is 1.10. The smallest absolute Gasteiger partial charge is 0.545 e. The van der Waals surface area contributed by atoms with E-state index < -0.39 is 23.9 Å². The first-order valence-electron chi connectivity index (χ1n) is 6.47. The van der Waals surface area contributed by atoms with Crippen molar-refractivity contribution in [2.24, 2.45) is 0 Å². The molecule has 2 rings (SSSR count). The molecule has 7 nitrogen and oxygen atoms in total. The van der Waals surface area contributed by atoms with Crippen LogP contribution in [0.2, 0.25) is 0 Å². The average Bonchev–Trinajstić information content (AvgIpc) is 2.97. The predicted octanol–water partition coefficient (Wildman–Crippen LogP) is -5.57. The number of rotatable bonds is 3. The van der Waals surface area contributed by atoms with Crippen LogP contribution in [0.5, 0.6) is 0 Å². The van der Waals surface area contributed by atoms with Crippen LogP contribution in [0.15, 0.2) is 61.2 Å². The van der Waals surface area contributed by atoms with Crippen molar-refractivity contribution in [2.45, 2.75) is 0 Å². The number of carbonyl (C=O) groups excluding carboxylic acids is 4. The zero-order valence-corrected chi connectivity index (χ0v) is 18.8. The van der Waals surface area contributed by atoms with E-state index >= 15 is 0 Å². The molecule has 0 amide bonds. The van der Waals surface area contributed by atoms with Crippen LogP contribution >= 0.6 is 0 Å². The van der Waals surface area contributed by atoms with Gasteiger partial charge in [0.1, 0.15) is 0 Å². The molecule has 0 N–H and O–H groups in total. The minimum atomic E-state index is -1.42. The van der Waals surface area contributed by atoms with E-state index in [-0.39, 0.29) is 59.1 Å². The Morgan fingerprint density at radius 3 is 1.81 bits per heavy atom. The largest absolute Gasteiger partial charge is 1.00 e. The van der Waals surface area contributed by atoms with E-state index in [0.717, 1.165) is 25.3 Å². The molecule has 1 aromatic rings. The molecule has 0 aromatic heterocycles. The third-order valence-corrected chi connectivity index (χ3v) is 2.15. The summed E-state index contributed by atoms with van der Waals surface area (Å²) in [5, 5.41) is 9.61. The van der Waals surface area contributed by atoms with Crippen molar-refractivity contribution in [1.29, 1.82) is 0 Å². The van der Waals surface area contributed by atoms with Crippen molar-refractivity contribution in [3.8, 4) is 0 Å². The fraction of sp³-hybridized carbons (Fsp3) is 0.0588. The molecule has 0 spiro atoms. The van der Waals surface area contributed by atoms with Gasteiger partial charge in [0.15, 0.2) is 0 Å². The van der Waals surface area contributed by atoms with E-state index in [9.17, 15) is 24.3 Å². The minimum Gasteiger partial charge on any atom is -0.545 e. The van der Waals surface area contributed by atoms with Gasteiger partial charge in [-0.25, -0.2) is 14.4 Å². The van der Waals surface area contributed by atoms with Crippen molar-refractivity contribution in [1.82, 2.24) is 0 Å². The van der Waals surface area contributed by atoms with E-state index in [1.54, 1.807) is 0 Å². The number of esters is 3. The number of hydrogen-bond donors (Lipinski definition) is 0. The first-order chi connectivity index (χ1) is 11.4. The van der Waals surface area contributed by atoms with Gasteiger partial charge in [0.2, 0.25) is 0 Å². The molecule has 0 saturated heterocycles. The molecule has 26 heavy (non-hydrogen) atoms. The Morgan fingerprint density at radius 1 is 1.04 bits per heavy atom. The summed E-state index contributed by atoms with van der Waals surface area (Å²) in [5.74, 6) is -3.28. The molecule has 0 unspecified atom stereocenters. The SMILES string of the molecule is C=Cc1ccccc1.COC(=O)/C=C\C(=O)[O-].O=C1C=CC(=O)O1.[Na+].[Na+]. The van der Waals surface area contributed by atoms with Gasteiger partial charge in [-0.1, -0.05) is 43.0 Å². The van der Waals surface area contributed by atoms with E-state index in [0.29, 0.717) is 6.08 Å². The van der Waals surface area contributed by atoms with Gasteiger partial charge in [0, 0.05) is 18.2 Å². The van der Waals surface area contributed by atoms with Crippen LogP contribution in [0, 0.1) is 0 Å². The van der Waals surface area contributed by atoms with Gasteiger partial charge < -0.3 is 19.4 Å². The summed E-state index contributed by atoms with van der Waals surface area (Å²) in [5.41, 5.74) is 1.17. The van der Waals surface area contributed by atoms with E-state index in [2.05, 4.69) is 16.1 Å². The standard InChI is InChI=1S/C8H8.C5H6O4.C4H2O3.2Na/c1-2-8-6-4-3-5-7-8;1-9-5(8)3-2-4(6)7;5-3-1-2-4(6)7-3;;/h2-7H,1H2;2-3H,1H3,(H,6,7);1-2H;;/q;;;2*+1/p-1/b;3-2-;;;. The van der Waals surface area contributed by atoms with Gasteiger partial charge in [-0.15, -0.1) is 0 Å². The maximum atomic E-state index is 10.1. The van der Waals surface area contributed by atoms with Crippen molar-refractivity contribution in [3.05, 3.63) is 66.8 Å². The van der Waals surface area contributed by atoms with Gasteiger partial charge in [0.25, 0.3) is 0 Å². The third-order valence-electron chi connectivity index (χ3n) is 2.15. The van der Waals surface area contributed by atoms with Gasteiger partial charge in [-0.05, 0) is 11.6 Å². The van der Waals surface area contributed by atoms with Gasteiger partial charge in [0.05, 0.1) is 13.1 Å². The number of aliphatic carboxylic acids is 1. The summed E-state index contributed by atoms with van der Waals surface area (Å²) in [6.45, 7) is 3.63. The first kappa shape index (κ1) is 29.3. The van der Waals surface area contributed by atoms with E-state index in [4.69, 9.17) is 0 Å². The van der Waals surface area contributed by atoms with Crippen LogP contribution in [-0.4, -0.2) is 31.0 Å². The zero-order chi connectivity index (χ0) is 18.4. The van der Waals surface area contributed by atoms with Gasteiger partial charge >= 0.3 is 77.0 Å². The zero-order valence-electron chi connectivity index (χ0n) is 14.8. The third kappa shape index (κ3) is 17.3. The number of carbonyl (C=O) groups is 4. The van der Waals surface area contributed by atoms with Crippen LogP contribution in [-0.2, 0) is 28.7 Å². The second kappa shape index (κ2) is 18.3. The number of benzene rings is 1. The number of cyclic esters (lactones) is 2. The number of carboxylic acids is 1. The molecule has 0 aliphatic carbocycles. The van der Waals surface area contributed by atoms with Gasteiger partial charge in [-0.3, -0.25) is 0 Å². The Labute approximate surface area is 195 Å². The molecule has 1 heterocycles. The topological polar surface area (TPSA) is 110 Å². The van der Waals surface area contributed by atoms with Crippen LogP contribution in [0.25, 0.3) is 6.08 Å². The molecule has 0 bridgehead atoms. The van der Waals surface area contributed by atoms with Crippen LogP contribution in [0.1, 0.15) is 5.56 Å². The Balaban J connectivity index is -0.000000295. The summed E-state index contributed by atoms with van der Waals surface area (Å²) in [7, 11) is 1.15. The molecule has 1 aliphatic rings. The quantitative estimate of drug-likeness (QED) is 0.224. The number of hydrogen-bond acceptors (Lipinski definition) is 7. The maximum Gasteiger partial charge on any atom is 1.00 e. The molecule has 0 radical (unpaired) electrons. The molecule has 0 fully saturated rings. The van der Waals surface area contributed by atoms with E-state index in [1.165, 1.54) is 5.56 Å². The first-order valence-corrected chi connectivity index (χ1v) is 6.47. The predicted molar refractivity (Wildman–Crippen MR) is 82.9 cm³/mol. The van der Waals surface area contributed by atoms with Crippen LogP contribution in [0.4, 0.5) is 0 Å². The molecular formula is C17H15Na2O7+. The summed E-state index contributed by atoms with van der Waals surface area (Å²) in [6.07, 6.45) is 5.38. The maximum absolute atomic E-state index is 10.1. The molecule has 1 aliphatic heterocycles. The van der Waals surface area contributed by atoms with Crippen LogP contribution in [0.3, 0.4) is 0 Å².